The van der Waals surface area contributed by atoms with Crippen molar-refractivity contribution in [1.82, 2.24) is 4.90 Å². The summed E-state index contributed by atoms with van der Waals surface area (Å²) in [5.41, 5.74) is 1.35. The van der Waals surface area contributed by atoms with Gasteiger partial charge in [-0.05, 0) is 36.8 Å². The van der Waals surface area contributed by atoms with Crippen molar-refractivity contribution in [2.45, 2.75) is 6.92 Å². The first-order valence-electron chi connectivity index (χ1n) is 9.22. The maximum absolute atomic E-state index is 12.3. The van der Waals surface area contributed by atoms with Crippen LogP contribution in [0.2, 0.25) is 0 Å². The lowest BCUT2D eigenvalue weighted by molar-refractivity contribution is -0.146. The normalized spacial score (nSPS) is 12.9. The fourth-order valence-corrected chi connectivity index (χ4v) is 3.27. The zero-order valence-electron chi connectivity index (χ0n) is 16.0. The van der Waals surface area contributed by atoms with Gasteiger partial charge in [0.05, 0.1) is 17.7 Å². The summed E-state index contributed by atoms with van der Waals surface area (Å²) < 4.78 is 15.6. The van der Waals surface area contributed by atoms with Gasteiger partial charge in [-0.15, -0.1) is 0 Å². The Morgan fingerprint density at radius 2 is 1.70 bits per heavy atom. The highest BCUT2D eigenvalue weighted by molar-refractivity contribution is 6.21. The molecule has 4 rings (SSSR count). The number of fused-ring (bicyclic) bond motifs is 2. The van der Waals surface area contributed by atoms with Gasteiger partial charge in [-0.3, -0.25) is 14.5 Å². The van der Waals surface area contributed by atoms with Crippen LogP contribution in [0.5, 0.6) is 5.75 Å². The van der Waals surface area contributed by atoms with Crippen LogP contribution in [-0.2, 0) is 9.53 Å². The maximum atomic E-state index is 12.3. The Hall–Kier alpha value is -3.94. The van der Waals surface area contributed by atoms with Crippen LogP contribution in [0.4, 0.5) is 0 Å². The molecule has 0 N–H and O–H groups in total. The fraction of sp³-hybridized carbons (Fsp3) is 0.182. The molecule has 0 saturated carbocycles. The van der Waals surface area contributed by atoms with Crippen LogP contribution in [0.15, 0.2) is 57.7 Å². The number of amides is 2. The smallest absolute Gasteiger partial charge is 0.344 e. The lowest BCUT2D eigenvalue weighted by atomic mass is 10.1. The molecule has 0 bridgehead atoms. The molecule has 8 nitrogen and oxygen atoms in total. The molecule has 1 aliphatic heterocycles. The molecule has 0 unspecified atom stereocenters. The van der Waals surface area contributed by atoms with Crippen LogP contribution in [0, 0.1) is 6.92 Å². The van der Waals surface area contributed by atoms with E-state index in [-0.39, 0.29) is 19.8 Å². The summed E-state index contributed by atoms with van der Waals surface area (Å²) in [6.07, 6.45) is 0. The summed E-state index contributed by atoms with van der Waals surface area (Å²) in [6.45, 7) is 1.24. The van der Waals surface area contributed by atoms with E-state index in [2.05, 4.69) is 0 Å². The molecule has 30 heavy (non-hydrogen) atoms. The van der Waals surface area contributed by atoms with Gasteiger partial charge >= 0.3 is 11.6 Å². The second-order valence-electron chi connectivity index (χ2n) is 6.72. The van der Waals surface area contributed by atoms with E-state index in [1.165, 1.54) is 12.1 Å². The molecular formula is C22H17NO7. The third-order valence-electron chi connectivity index (χ3n) is 4.74. The lowest BCUT2D eigenvalue weighted by Gasteiger charge is -2.14. The van der Waals surface area contributed by atoms with Gasteiger partial charge in [0.1, 0.15) is 17.9 Å². The van der Waals surface area contributed by atoms with E-state index in [0.29, 0.717) is 22.5 Å². The topological polar surface area (TPSA) is 103 Å². The zero-order valence-corrected chi connectivity index (χ0v) is 16.0. The maximum Gasteiger partial charge on any atom is 0.344 e. The number of aryl methyl sites for hydroxylation is 1. The van der Waals surface area contributed by atoms with Crippen LogP contribution < -0.4 is 10.4 Å². The first-order valence-corrected chi connectivity index (χ1v) is 9.22. The Kier molecular flexibility index (Phi) is 5.05. The highest BCUT2D eigenvalue weighted by atomic mass is 16.6. The second-order valence-corrected chi connectivity index (χ2v) is 6.72. The Morgan fingerprint density at radius 1 is 1.00 bits per heavy atom. The van der Waals surface area contributed by atoms with Crippen LogP contribution in [-0.4, -0.2) is 42.4 Å². The van der Waals surface area contributed by atoms with Gasteiger partial charge in [-0.25, -0.2) is 9.59 Å². The highest BCUT2D eigenvalue weighted by Crippen LogP contribution is 2.23. The molecule has 2 amide bonds. The van der Waals surface area contributed by atoms with Crippen LogP contribution in [0.3, 0.4) is 0 Å². The monoisotopic (exact) mass is 407 g/mol. The molecule has 3 aromatic rings. The Balaban J connectivity index is 1.30. The molecule has 0 radical (unpaired) electrons. The summed E-state index contributed by atoms with van der Waals surface area (Å²) in [7, 11) is 0. The molecular weight excluding hydrogens is 390 g/mol. The number of hydrogen-bond donors (Lipinski definition) is 0. The first kappa shape index (κ1) is 19.4. The molecule has 0 fully saturated rings. The third-order valence-corrected chi connectivity index (χ3v) is 4.74. The summed E-state index contributed by atoms with van der Waals surface area (Å²) in [5, 5.41) is 0.769. The van der Waals surface area contributed by atoms with Crippen molar-refractivity contribution in [2.75, 3.05) is 19.8 Å². The van der Waals surface area contributed by atoms with Crippen molar-refractivity contribution in [1.29, 1.82) is 0 Å². The van der Waals surface area contributed by atoms with Crippen molar-refractivity contribution in [3.63, 3.8) is 0 Å². The number of ether oxygens (including phenoxy) is 2. The van der Waals surface area contributed by atoms with Crippen molar-refractivity contribution in [2.24, 2.45) is 0 Å². The van der Waals surface area contributed by atoms with Crippen molar-refractivity contribution in [3.8, 4) is 5.75 Å². The Morgan fingerprint density at radius 3 is 2.40 bits per heavy atom. The molecule has 0 spiro atoms. The molecule has 8 heteroatoms. The number of benzene rings is 2. The van der Waals surface area contributed by atoms with Gasteiger partial charge in [-0.2, -0.15) is 0 Å². The average molecular weight is 407 g/mol. The van der Waals surface area contributed by atoms with Gasteiger partial charge in [0, 0.05) is 17.5 Å². The van der Waals surface area contributed by atoms with E-state index in [0.717, 1.165) is 15.8 Å². The number of imide groups is 1. The standard InChI is InChI=1S/C22H17NO7/c1-13-10-19(24)30-18-11-14(6-7-15(13)18)29-12-20(25)28-9-8-23-21(26)16-4-2-3-5-17(16)22(23)27/h2-7,10-11H,8-9,12H2,1H3. The van der Waals surface area contributed by atoms with Crippen molar-refractivity contribution < 1.29 is 28.3 Å². The molecule has 0 atom stereocenters. The van der Waals surface area contributed by atoms with Crippen LogP contribution in [0.25, 0.3) is 11.0 Å². The van der Waals surface area contributed by atoms with Gasteiger partial charge < -0.3 is 13.9 Å². The van der Waals surface area contributed by atoms with E-state index in [4.69, 9.17) is 13.9 Å². The first-order chi connectivity index (χ1) is 14.4. The number of carbonyl (C=O) groups is 3. The predicted molar refractivity (Wildman–Crippen MR) is 105 cm³/mol. The molecule has 152 valence electrons. The van der Waals surface area contributed by atoms with Crippen LogP contribution >= 0.6 is 0 Å². The van der Waals surface area contributed by atoms with Gasteiger partial charge in [-0.1, -0.05) is 12.1 Å². The number of nitrogens with zero attached hydrogens (tertiary/aromatic N) is 1. The van der Waals surface area contributed by atoms with E-state index in [1.807, 2.05) is 0 Å². The van der Waals surface area contributed by atoms with E-state index in [9.17, 15) is 19.2 Å². The Labute approximate surface area is 170 Å². The summed E-state index contributed by atoms with van der Waals surface area (Å²) in [5.74, 6) is -1.13. The number of esters is 1. The van der Waals surface area contributed by atoms with Crippen LogP contribution in [0.1, 0.15) is 26.3 Å². The Bertz CT molecular complexity index is 1190. The predicted octanol–water partition coefficient (Wildman–Crippen LogP) is 2.32. The fourth-order valence-electron chi connectivity index (χ4n) is 3.27. The second kappa shape index (κ2) is 7.82. The van der Waals surface area contributed by atoms with Crippen molar-refractivity contribution >= 4 is 28.8 Å². The minimum Gasteiger partial charge on any atom is -0.482 e. The molecule has 2 heterocycles. The zero-order chi connectivity index (χ0) is 21.3. The number of hydrogen-bond acceptors (Lipinski definition) is 7. The SMILES string of the molecule is Cc1cc(=O)oc2cc(OCC(=O)OCCN3C(=O)c4ccccc4C3=O)ccc12. The molecule has 1 aliphatic rings. The van der Waals surface area contributed by atoms with E-state index >= 15 is 0 Å². The minimum absolute atomic E-state index is 0.0432. The van der Waals surface area contributed by atoms with E-state index < -0.39 is 23.4 Å². The summed E-state index contributed by atoms with van der Waals surface area (Å²) in [4.78, 5) is 49.0. The lowest BCUT2D eigenvalue weighted by Crippen LogP contribution is -2.33. The molecule has 2 aromatic carbocycles. The largest absolute Gasteiger partial charge is 0.482 e. The molecule has 0 aliphatic carbocycles. The summed E-state index contributed by atoms with van der Waals surface area (Å²) in [6, 6.07) is 12.8. The van der Waals surface area contributed by atoms with Gasteiger partial charge in [0.15, 0.2) is 6.61 Å². The quantitative estimate of drug-likeness (QED) is 0.351. The average Bonchev–Trinajstić information content (AvgIpc) is 2.97. The number of rotatable bonds is 6. The summed E-state index contributed by atoms with van der Waals surface area (Å²) >= 11 is 0. The van der Waals surface area contributed by atoms with Crippen molar-refractivity contribution in [3.05, 3.63) is 75.6 Å². The third kappa shape index (κ3) is 3.67. The molecule has 0 saturated heterocycles. The van der Waals surface area contributed by atoms with Gasteiger partial charge in [0.2, 0.25) is 0 Å². The van der Waals surface area contributed by atoms with Gasteiger partial charge in [0.25, 0.3) is 11.8 Å². The highest BCUT2D eigenvalue weighted by Gasteiger charge is 2.34. The number of carbonyl (C=O) groups excluding carboxylic acids is 3. The molecule has 1 aromatic heterocycles. The van der Waals surface area contributed by atoms with E-state index in [1.54, 1.807) is 43.3 Å². The minimum atomic E-state index is -0.655.